The molecule has 28 heavy (non-hydrogen) atoms. The lowest BCUT2D eigenvalue weighted by atomic mass is 10.3. The van der Waals surface area contributed by atoms with Crippen molar-refractivity contribution >= 4 is 11.6 Å². The highest BCUT2D eigenvalue weighted by molar-refractivity contribution is 6.02. The van der Waals surface area contributed by atoms with Gasteiger partial charge in [0.05, 0.1) is 13.7 Å². The van der Waals surface area contributed by atoms with E-state index in [9.17, 15) is 22.4 Å². The van der Waals surface area contributed by atoms with Gasteiger partial charge in [0.1, 0.15) is 22.9 Å². The fraction of sp³-hybridized carbons (Fsp3) is 0.222. The van der Waals surface area contributed by atoms with Gasteiger partial charge in [-0.2, -0.15) is 5.10 Å². The summed E-state index contributed by atoms with van der Waals surface area (Å²) in [4.78, 5) is 12.3. The predicted octanol–water partition coefficient (Wildman–Crippen LogP) is 4.66. The number of benzene rings is 1. The summed E-state index contributed by atoms with van der Waals surface area (Å²) in [5.74, 6) is 0.0209. The average Bonchev–Trinajstić information content (AvgIpc) is 3.29. The Labute approximate surface area is 156 Å². The molecule has 0 fully saturated rings. The Hall–Kier alpha value is -3.30. The van der Waals surface area contributed by atoms with Crippen LogP contribution in [-0.4, -0.2) is 22.8 Å². The van der Waals surface area contributed by atoms with Gasteiger partial charge in [-0.05, 0) is 30.3 Å². The van der Waals surface area contributed by atoms with Crippen molar-refractivity contribution in [1.29, 1.82) is 0 Å². The fourth-order valence-corrected chi connectivity index (χ4v) is 2.49. The molecular formula is C18H15F4N3O3. The van der Waals surface area contributed by atoms with E-state index < -0.39 is 30.1 Å². The molecule has 6 nitrogen and oxygen atoms in total. The topological polar surface area (TPSA) is 69.3 Å². The number of amides is 1. The molecule has 1 aromatic carbocycles. The molecule has 0 atom stereocenters. The Bertz CT molecular complexity index is 969. The number of methoxy groups -OCH3 is 1. The molecule has 0 radical (unpaired) electrons. The first-order valence-electron chi connectivity index (χ1n) is 8.05. The van der Waals surface area contributed by atoms with Crippen LogP contribution in [0.3, 0.4) is 0 Å². The minimum absolute atomic E-state index is 0.0716. The first-order valence-corrected chi connectivity index (χ1v) is 8.05. The minimum atomic E-state index is -2.98. The first kappa shape index (κ1) is 19.5. The maximum absolute atomic E-state index is 13.0. The summed E-state index contributed by atoms with van der Waals surface area (Å²) in [6.45, 7) is -0.321. The van der Waals surface area contributed by atoms with Crippen molar-refractivity contribution in [3.8, 4) is 5.75 Å². The second-order valence-electron chi connectivity index (χ2n) is 5.71. The number of carbonyl (C=O) groups excluding carboxylic acids is 1. The molecule has 3 rings (SSSR count). The fourth-order valence-electron chi connectivity index (χ4n) is 2.49. The SMILES string of the molecule is COc1cccc(NC(=O)c2ccc(Cn3nc(C(F)F)cc3C(F)F)o2)c1. The second-order valence-corrected chi connectivity index (χ2v) is 5.71. The number of anilines is 1. The van der Waals surface area contributed by atoms with E-state index in [4.69, 9.17) is 9.15 Å². The smallest absolute Gasteiger partial charge is 0.291 e. The lowest BCUT2D eigenvalue weighted by Crippen LogP contribution is -2.11. The van der Waals surface area contributed by atoms with Crippen molar-refractivity contribution in [2.75, 3.05) is 12.4 Å². The number of hydrogen-bond donors (Lipinski definition) is 1. The van der Waals surface area contributed by atoms with Gasteiger partial charge in [-0.15, -0.1) is 0 Å². The number of hydrogen-bond acceptors (Lipinski definition) is 4. The second kappa shape index (κ2) is 8.15. The third kappa shape index (κ3) is 4.33. The summed E-state index contributed by atoms with van der Waals surface area (Å²) < 4.78 is 62.7. The number of furan rings is 1. The molecule has 0 aliphatic carbocycles. The molecule has 0 saturated carbocycles. The maximum atomic E-state index is 13.0. The molecule has 148 valence electrons. The van der Waals surface area contributed by atoms with Gasteiger partial charge in [0.25, 0.3) is 18.8 Å². The highest BCUT2D eigenvalue weighted by Gasteiger charge is 2.22. The highest BCUT2D eigenvalue weighted by atomic mass is 19.3. The summed E-state index contributed by atoms with van der Waals surface area (Å²) in [5, 5.41) is 6.08. The number of nitrogens with zero attached hydrogens (tertiary/aromatic N) is 2. The van der Waals surface area contributed by atoms with Crippen LogP contribution in [0.15, 0.2) is 46.9 Å². The zero-order chi connectivity index (χ0) is 20.3. The van der Waals surface area contributed by atoms with Gasteiger partial charge in [0, 0.05) is 11.8 Å². The molecule has 1 amide bonds. The maximum Gasteiger partial charge on any atom is 0.291 e. The molecule has 3 aromatic rings. The Morgan fingerprint density at radius 2 is 1.96 bits per heavy atom. The predicted molar refractivity (Wildman–Crippen MR) is 90.9 cm³/mol. The van der Waals surface area contributed by atoms with Gasteiger partial charge in [0.2, 0.25) is 0 Å². The molecule has 0 spiro atoms. The van der Waals surface area contributed by atoms with Gasteiger partial charge >= 0.3 is 0 Å². The van der Waals surface area contributed by atoms with Crippen molar-refractivity contribution in [3.63, 3.8) is 0 Å². The van der Waals surface area contributed by atoms with E-state index in [2.05, 4.69) is 10.4 Å². The van der Waals surface area contributed by atoms with E-state index in [-0.39, 0.29) is 18.1 Å². The quantitative estimate of drug-likeness (QED) is 0.589. The van der Waals surface area contributed by atoms with Crippen LogP contribution in [-0.2, 0) is 6.54 Å². The van der Waals surface area contributed by atoms with Crippen LogP contribution in [0.25, 0.3) is 0 Å². The largest absolute Gasteiger partial charge is 0.497 e. The number of carbonyl (C=O) groups is 1. The first-order chi connectivity index (χ1) is 13.4. The molecule has 0 saturated heterocycles. The lowest BCUT2D eigenvalue weighted by molar-refractivity contribution is 0.0994. The molecule has 0 aliphatic rings. The Morgan fingerprint density at radius 3 is 2.64 bits per heavy atom. The normalized spacial score (nSPS) is 11.2. The number of nitrogens with one attached hydrogen (secondary N) is 1. The molecule has 2 heterocycles. The van der Waals surface area contributed by atoms with E-state index in [1.165, 1.54) is 19.2 Å². The summed E-state index contributed by atoms with van der Waals surface area (Å²) >= 11 is 0. The van der Waals surface area contributed by atoms with E-state index in [1.807, 2.05) is 0 Å². The van der Waals surface area contributed by atoms with Gasteiger partial charge in [-0.25, -0.2) is 17.6 Å². The van der Waals surface area contributed by atoms with Crippen LogP contribution in [0, 0.1) is 0 Å². The molecule has 0 aliphatic heterocycles. The van der Waals surface area contributed by atoms with Crippen LogP contribution < -0.4 is 10.1 Å². The molecule has 0 unspecified atom stereocenters. The Balaban J connectivity index is 1.74. The van der Waals surface area contributed by atoms with Gasteiger partial charge in [-0.1, -0.05) is 6.07 Å². The number of halogens is 4. The zero-order valence-corrected chi connectivity index (χ0v) is 14.5. The highest BCUT2D eigenvalue weighted by Crippen LogP contribution is 2.26. The van der Waals surface area contributed by atoms with Crippen molar-refractivity contribution in [2.45, 2.75) is 19.4 Å². The van der Waals surface area contributed by atoms with E-state index in [1.54, 1.807) is 24.3 Å². The summed E-state index contributed by atoms with van der Waals surface area (Å²) in [5.41, 5.74) is -0.942. The van der Waals surface area contributed by atoms with Crippen LogP contribution >= 0.6 is 0 Å². The minimum Gasteiger partial charge on any atom is -0.497 e. The van der Waals surface area contributed by atoms with E-state index in [0.717, 1.165) is 4.68 Å². The number of ether oxygens (including phenoxy) is 1. The summed E-state index contributed by atoms with van der Waals surface area (Å²) in [6, 6.07) is 10.0. The van der Waals surface area contributed by atoms with Crippen molar-refractivity contribution < 1.29 is 31.5 Å². The number of rotatable bonds is 7. The van der Waals surface area contributed by atoms with Gasteiger partial charge < -0.3 is 14.5 Å². The Kier molecular flexibility index (Phi) is 5.67. The van der Waals surface area contributed by atoms with Gasteiger partial charge in [0.15, 0.2) is 5.76 Å². The van der Waals surface area contributed by atoms with Crippen LogP contribution in [0.5, 0.6) is 5.75 Å². The van der Waals surface area contributed by atoms with Crippen molar-refractivity contribution in [1.82, 2.24) is 9.78 Å². The van der Waals surface area contributed by atoms with Crippen LogP contribution in [0.4, 0.5) is 23.2 Å². The summed E-state index contributed by atoms with van der Waals surface area (Å²) in [6.07, 6.45) is -5.95. The lowest BCUT2D eigenvalue weighted by Gasteiger charge is -2.06. The van der Waals surface area contributed by atoms with Crippen molar-refractivity contribution in [3.05, 3.63) is 65.4 Å². The van der Waals surface area contributed by atoms with Crippen LogP contribution in [0.2, 0.25) is 0 Å². The molecule has 10 heteroatoms. The molecular weight excluding hydrogens is 382 g/mol. The Morgan fingerprint density at radius 1 is 1.18 bits per heavy atom. The monoisotopic (exact) mass is 397 g/mol. The third-order valence-electron chi connectivity index (χ3n) is 3.80. The molecule has 2 aromatic heterocycles. The summed E-state index contributed by atoms with van der Waals surface area (Å²) in [7, 11) is 1.49. The standard InChI is InChI=1S/C18H15F4N3O3/c1-27-11-4-2-3-10(7-11)23-18(26)15-6-5-12(28-15)9-25-14(17(21)22)8-13(24-25)16(19)20/h2-8,16-17H,9H2,1H3,(H,23,26). The molecule has 0 bridgehead atoms. The van der Waals surface area contributed by atoms with Crippen molar-refractivity contribution in [2.24, 2.45) is 0 Å². The zero-order valence-electron chi connectivity index (χ0n) is 14.5. The van der Waals surface area contributed by atoms with E-state index in [0.29, 0.717) is 17.5 Å². The van der Waals surface area contributed by atoms with Crippen LogP contribution in [0.1, 0.15) is 40.6 Å². The van der Waals surface area contributed by atoms with Gasteiger partial charge in [-0.3, -0.25) is 9.48 Å². The molecule has 1 N–H and O–H groups in total. The number of alkyl halides is 4. The van der Waals surface area contributed by atoms with E-state index >= 15 is 0 Å². The average molecular weight is 397 g/mol. The number of aromatic nitrogens is 2. The third-order valence-corrected chi connectivity index (χ3v) is 3.80.